The molecule has 0 heterocycles. The van der Waals surface area contributed by atoms with Crippen LogP contribution >= 0.6 is 24.0 Å². The van der Waals surface area contributed by atoms with E-state index in [4.69, 9.17) is 0 Å². The monoisotopic (exact) mass is 472 g/mol. The van der Waals surface area contributed by atoms with E-state index in [9.17, 15) is 13.2 Å². The number of benzene rings is 1. The van der Waals surface area contributed by atoms with Gasteiger partial charge < -0.3 is 10.2 Å². The molecule has 144 valence electrons. The molecule has 1 rings (SSSR count). The van der Waals surface area contributed by atoms with Crippen molar-refractivity contribution in [3.63, 3.8) is 0 Å². The van der Waals surface area contributed by atoms with Crippen LogP contribution in [0.4, 0.5) is 13.2 Å². The number of aliphatic imine (C=N–C) groups is 1. The smallest absolute Gasteiger partial charge is 0.356 e. The number of nitrogens with zero attached hydrogens (tertiary/aromatic N) is 3. The minimum atomic E-state index is -4.15. The van der Waals surface area contributed by atoms with Crippen LogP contribution in [-0.4, -0.2) is 62.7 Å². The predicted molar refractivity (Wildman–Crippen MR) is 108 cm³/mol. The highest BCUT2D eigenvalue weighted by Gasteiger charge is 2.28. The van der Waals surface area contributed by atoms with Crippen LogP contribution in [0, 0.1) is 6.92 Å². The van der Waals surface area contributed by atoms with E-state index in [0.29, 0.717) is 26.1 Å². The molecule has 4 nitrogen and oxygen atoms in total. The highest BCUT2D eigenvalue weighted by atomic mass is 127. The standard InChI is InChI=1S/C17H27F3N4.HI/c1-14-6-8-15(9-7-14)12-24(4)16(21-2)22-10-5-11-23(3)13-17(18,19)20;/h6-9H,5,10-13H2,1-4H3,(H,21,22);1H. The highest BCUT2D eigenvalue weighted by Crippen LogP contribution is 2.15. The molecule has 1 N–H and O–H groups in total. The van der Waals surface area contributed by atoms with Crippen molar-refractivity contribution in [2.24, 2.45) is 4.99 Å². The van der Waals surface area contributed by atoms with Gasteiger partial charge in [0, 0.05) is 27.2 Å². The fourth-order valence-electron chi connectivity index (χ4n) is 2.36. The first-order valence-electron chi connectivity index (χ1n) is 7.94. The first-order chi connectivity index (χ1) is 11.2. The minimum Gasteiger partial charge on any atom is -0.356 e. The average molecular weight is 472 g/mol. The summed E-state index contributed by atoms with van der Waals surface area (Å²) in [6, 6.07) is 8.28. The largest absolute Gasteiger partial charge is 0.401 e. The Hall–Kier alpha value is -1.03. The summed E-state index contributed by atoms with van der Waals surface area (Å²) >= 11 is 0. The topological polar surface area (TPSA) is 30.9 Å². The molecule has 25 heavy (non-hydrogen) atoms. The van der Waals surface area contributed by atoms with Crippen LogP contribution < -0.4 is 5.32 Å². The molecule has 0 aromatic heterocycles. The zero-order chi connectivity index (χ0) is 18.2. The zero-order valence-corrected chi connectivity index (χ0v) is 17.6. The normalized spacial score (nSPS) is 12.1. The predicted octanol–water partition coefficient (Wildman–Crippen LogP) is 3.50. The number of rotatable bonds is 7. The Bertz CT molecular complexity index is 518. The van der Waals surface area contributed by atoms with Crippen LogP contribution in [-0.2, 0) is 6.54 Å². The molecular formula is C17H28F3IN4. The van der Waals surface area contributed by atoms with Gasteiger partial charge in [-0.05, 0) is 32.5 Å². The molecular weight excluding hydrogens is 444 g/mol. The number of hydrogen-bond acceptors (Lipinski definition) is 2. The fraction of sp³-hybridized carbons (Fsp3) is 0.588. The third kappa shape index (κ3) is 10.5. The summed E-state index contributed by atoms with van der Waals surface area (Å²) in [6.45, 7) is 2.84. The lowest BCUT2D eigenvalue weighted by atomic mass is 10.1. The summed E-state index contributed by atoms with van der Waals surface area (Å²) in [5, 5.41) is 3.19. The third-order valence-corrected chi connectivity index (χ3v) is 3.56. The van der Waals surface area contributed by atoms with E-state index in [2.05, 4.69) is 34.6 Å². The third-order valence-electron chi connectivity index (χ3n) is 3.56. The summed E-state index contributed by atoms with van der Waals surface area (Å²) in [5.74, 6) is 0.731. The lowest BCUT2D eigenvalue weighted by Crippen LogP contribution is -2.40. The molecule has 0 bridgehead atoms. The molecule has 0 saturated carbocycles. The van der Waals surface area contributed by atoms with Gasteiger partial charge in [-0.15, -0.1) is 24.0 Å². The van der Waals surface area contributed by atoms with Crippen molar-refractivity contribution in [2.45, 2.75) is 26.1 Å². The number of guanidine groups is 1. The van der Waals surface area contributed by atoms with E-state index in [-0.39, 0.29) is 24.0 Å². The van der Waals surface area contributed by atoms with Gasteiger partial charge in [0.25, 0.3) is 0 Å². The van der Waals surface area contributed by atoms with Crippen molar-refractivity contribution in [1.82, 2.24) is 15.1 Å². The molecule has 0 aliphatic heterocycles. The van der Waals surface area contributed by atoms with Gasteiger partial charge >= 0.3 is 6.18 Å². The number of alkyl halides is 3. The molecule has 0 amide bonds. The first kappa shape index (κ1) is 24.0. The Labute approximate surface area is 165 Å². The van der Waals surface area contributed by atoms with Crippen LogP contribution in [0.5, 0.6) is 0 Å². The van der Waals surface area contributed by atoms with Crippen molar-refractivity contribution in [3.8, 4) is 0 Å². The Morgan fingerprint density at radius 2 is 1.76 bits per heavy atom. The maximum absolute atomic E-state index is 12.3. The number of aryl methyl sites for hydroxylation is 1. The van der Waals surface area contributed by atoms with Gasteiger partial charge in [0.05, 0.1) is 6.54 Å². The van der Waals surface area contributed by atoms with Gasteiger partial charge in [-0.1, -0.05) is 29.8 Å². The van der Waals surface area contributed by atoms with E-state index < -0.39 is 12.7 Å². The van der Waals surface area contributed by atoms with Gasteiger partial charge in [-0.2, -0.15) is 13.2 Å². The molecule has 0 fully saturated rings. The summed E-state index contributed by atoms with van der Waals surface area (Å²) in [7, 11) is 5.11. The second kappa shape index (κ2) is 11.6. The SMILES string of the molecule is CN=C(NCCCN(C)CC(F)(F)F)N(C)Cc1ccc(C)cc1.I. The van der Waals surface area contributed by atoms with Crippen molar-refractivity contribution in [3.05, 3.63) is 35.4 Å². The van der Waals surface area contributed by atoms with Crippen LogP contribution in [0.1, 0.15) is 17.5 Å². The summed E-state index contributed by atoms with van der Waals surface area (Å²) in [6.07, 6.45) is -3.53. The number of nitrogens with one attached hydrogen (secondary N) is 1. The van der Waals surface area contributed by atoms with Crippen LogP contribution in [0.15, 0.2) is 29.3 Å². The maximum Gasteiger partial charge on any atom is 0.401 e. The van der Waals surface area contributed by atoms with Gasteiger partial charge in [0.1, 0.15) is 0 Å². The zero-order valence-electron chi connectivity index (χ0n) is 15.2. The molecule has 0 spiro atoms. The maximum atomic E-state index is 12.3. The Kier molecular flexibility index (Phi) is 11.1. The van der Waals surface area contributed by atoms with Gasteiger partial charge in [0.15, 0.2) is 5.96 Å². The molecule has 8 heteroatoms. The minimum absolute atomic E-state index is 0. The Morgan fingerprint density at radius 1 is 1.16 bits per heavy atom. The lowest BCUT2D eigenvalue weighted by molar-refractivity contribution is -0.143. The highest BCUT2D eigenvalue weighted by molar-refractivity contribution is 14.0. The molecule has 1 aromatic carbocycles. The van der Waals surface area contributed by atoms with E-state index in [1.807, 2.05) is 18.9 Å². The molecule has 0 atom stereocenters. The second-order valence-corrected chi connectivity index (χ2v) is 6.02. The first-order valence-corrected chi connectivity index (χ1v) is 7.94. The number of hydrogen-bond donors (Lipinski definition) is 1. The van der Waals surface area contributed by atoms with Crippen molar-refractivity contribution >= 4 is 29.9 Å². The summed E-state index contributed by atoms with van der Waals surface area (Å²) in [5.41, 5.74) is 2.39. The van der Waals surface area contributed by atoms with Crippen LogP contribution in [0.2, 0.25) is 0 Å². The lowest BCUT2D eigenvalue weighted by Gasteiger charge is -2.23. The van der Waals surface area contributed by atoms with E-state index in [1.54, 1.807) is 7.05 Å². The van der Waals surface area contributed by atoms with Crippen molar-refractivity contribution in [2.75, 3.05) is 40.8 Å². The molecule has 1 aromatic rings. The molecule has 0 aliphatic rings. The molecule has 0 saturated heterocycles. The van der Waals surface area contributed by atoms with Crippen LogP contribution in [0.25, 0.3) is 0 Å². The van der Waals surface area contributed by atoms with Gasteiger partial charge in [-0.3, -0.25) is 9.89 Å². The summed E-state index contributed by atoms with van der Waals surface area (Å²) < 4.78 is 36.8. The fourth-order valence-corrected chi connectivity index (χ4v) is 2.36. The molecule has 0 unspecified atom stereocenters. The van der Waals surface area contributed by atoms with Crippen molar-refractivity contribution < 1.29 is 13.2 Å². The quantitative estimate of drug-likeness (QED) is 0.285. The molecule has 0 radical (unpaired) electrons. The Morgan fingerprint density at radius 3 is 2.28 bits per heavy atom. The second-order valence-electron chi connectivity index (χ2n) is 6.02. The van der Waals surface area contributed by atoms with Gasteiger partial charge in [-0.25, -0.2) is 0 Å². The molecule has 0 aliphatic carbocycles. The Balaban J connectivity index is 0.00000576. The van der Waals surface area contributed by atoms with Gasteiger partial charge in [0.2, 0.25) is 0 Å². The summed E-state index contributed by atoms with van der Waals surface area (Å²) in [4.78, 5) is 7.48. The van der Waals surface area contributed by atoms with Crippen molar-refractivity contribution in [1.29, 1.82) is 0 Å². The van der Waals surface area contributed by atoms with E-state index >= 15 is 0 Å². The van der Waals surface area contributed by atoms with E-state index in [1.165, 1.54) is 23.1 Å². The van der Waals surface area contributed by atoms with E-state index in [0.717, 1.165) is 5.96 Å². The van der Waals surface area contributed by atoms with Crippen LogP contribution in [0.3, 0.4) is 0 Å². The average Bonchev–Trinajstić information content (AvgIpc) is 2.47. The number of halogens is 4.